The van der Waals surface area contributed by atoms with Crippen molar-refractivity contribution in [1.82, 2.24) is 4.57 Å². The number of benzene rings is 1. The van der Waals surface area contributed by atoms with Crippen molar-refractivity contribution in [1.29, 1.82) is 0 Å². The molecule has 0 saturated carbocycles. The highest BCUT2D eigenvalue weighted by Crippen LogP contribution is 2.30. The molecule has 0 saturated heterocycles. The zero-order valence-corrected chi connectivity index (χ0v) is 11.5. The van der Waals surface area contributed by atoms with Gasteiger partial charge in [0.25, 0.3) is 0 Å². The summed E-state index contributed by atoms with van der Waals surface area (Å²) >= 11 is 3.51. The van der Waals surface area contributed by atoms with Gasteiger partial charge in [0.1, 0.15) is 0 Å². The molecule has 1 aromatic carbocycles. The van der Waals surface area contributed by atoms with Gasteiger partial charge in [-0.2, -0.15) is 0 Å². The third kappa shape index (κ3) is 1.89. The molecule has 3 heteroatoms. The maximum atomic E-state index is 6.01. The van der Waals surface area contributed by atoms with E-state index in [4.69, 9.17) is 5.73 Å². The smallest absolute Gasteiger partial charge is 0.0486 e. The van der Waals surface area contributed by atoms with E-state index in [0.29, 0.717) is 6.04 Å². The molecule has 2 N–H and O–H groups in total. The number of halogens is 1. The average molecular weight is 281 g/mol. The first kappa shape index (κ1) is 11.7. The first-order chi connectivity index (χ1) is 7.50. The third-order valence-electron chi connectivity index (χ3n) is 2.87. The largest absolute Gasteiger partial charge is 0.345 e. The van der Waals surface area contributed by atoms with Crippen LogP contribution in [0.3, 0.4) is 0 Å². The van der Waals surface area contributed by atoms with Crippen molar-refractivity contribution in [2.45, 2.75) is 32.9 Å². The minimum atomic E-state index is 0.0665. The predicted octanol–water partition coefficient (Wildman–Crippen LogP) is 4.00. The van der Waals surface area contributed by atoms with Crippen molar-refractivity contribution in [3.63, 3.8) is 0 Å². The van der Waals surface area contributed by atoms with Crippen LogP contribution in [0, 0.1) is 0 Å². The lowest BCUT2D eigenvalue weighted by molar-refractivity contribution is 0.618. The Labute approximate surface area is 105 Å². The average Bonchev–Trinajstić information content (AvgIpc) is 2.56. The van der Waals surface area contributed by atoms with E-state index in [9.17, 15) is 0 Å². The van der Waals surface area contributed by atoms with Gasteiger partial charge < -0.3 is 10.3 Å². The third-order valence-corrected chi connectivity index (χ3v) is 3.37. The van der Waals surface area contributed by atoms with E-state index in [1.54, 1.807) is 0 Å². The quantitative estimate of drug-likeness (QED) is 0.886. The first-order valence-corrected chi connectivity index (χ1v) is 6.35. The molecule has 0 aliphatic rings. The van der Waals surface area contributed by atoms with Gasteiger partial charge in [-0.25, -0.2) is 0 Å². The van der Waals surface area contributed by atoms with Crippen molar-refractivity contribution < 1.29 is 0 Å². The normalized spacial score (nSPS) is 13.6. The second-order valence-electron chi connectivity index (χ2n) is 4.54. The first-order valence-electron chi connectivity index (χ1n) is 5.56. The van der Waals surface area contributed by atoms with Gasteiger partial charge in [0.15, 0.2) is 0 Å². The van der Waals surface area contributed by atoms with Crippen molar-refractivity contribution in [3.8, 4) is 0 Å². The fourth-order valence-corrected chi connectivity index (χ4v) is 2.40. The number of nitrogens with two attached hydrogens (primary N) is 1. The SMILES string of the molecule is CC(N)c1cn(C(C)C)c2ccc(Br)cc12. The number of aromatic nitrogens is 1. The van der Waals surface area contributed by atoms with E-state index in [1.807, 2.05) is 6.92 Å². The van der Waals surface area contributed by atoms with E-state index >= 15 is 0 Å². The van der Waals surface area contributed by atoms with Gasteiger partial charge in [-0.3, -0.25) is 0 Å². The van der Waals surface area contributed by atoms with Gasteiger partial charge in [0.2, 0.25) is 0 Å². The number of nitrogens with zero attached hydrogens (tertiary/aromatic N) is 1. The molecule has 0 radical (unpaired) electrons. The van der Waals surface area contributed by atoms with Crippen molar-refractivity contribution in [2.24, 2.45) is 5.73 Å². The molecule has 16 heavy (non-hydrogen) atoms. The van der Waals surface area contributed by atoms with Crippen LogP contribution in [0.2, 0.25) is 0 Å². The minimum Gasteiger partial charge on any atom is -0.345 e. The van der Waals surface area contributed by atoms with Crippen molar-refractivity contribution in [2.75, 3.05) is 0 Å². The van der Waals surface area contributed by atoms with Gasteiger partial charge in [0, 0.05) is 33.7 Å². The number of fused-ring (bicyclic) bond motifs is 1. The monoisotopic (exact) mass is 280 g/mol. The highest BCUT2D eigenvalue weighted by atomic mass is 79.9. The highest BCUT2D eigenvalue weighted by Gasteiger charge is 2.13. The summed E-state index contributed by atoms with van der Waals surface area (Å²) in [6.07, 6.45) is 2.17. The Bertz CT molecular complexity index is 512. The second kappa shape index (κ2) is 4.22. The molecule has 2 nitrogen and oxygen atoms in total. The topological polar surface area (TPSA) is 30.9 Å². The number of hydrogen-bond donors (Lipinski definition) is 1. The maximum absolute atomic E-state index is 6.01. The summed E-state index contributed by atoms with van der Waals surface area (Å²) in [4.78, 5) is 0. The molecule has 0 aliphatic heterocycles. The Balaban J connectivity index is 2.76. The van der Waals surface area contributed by atoms with E-state index in [1.165, 1.54) is 16.5 Å². The van der Waals surface area contributed by atoms with E-state index in [-0.39, 0.29) is 6.04 Å². The summed E-state index contributed by atoms with van der Waals surface area (Å²) in [5.74, 6) is 0. The Morgan fingerprint density at radius 3 is 2.50 bits per heavy atom. The Morgan fingerprint density at radius 1 is 1.25 bits per heavy atom. The minimum absolute atomic E-state index is 0.0665. The summed E-state index contributed by atoms with van der Waals surface area (Å²) in [6, 6.07) is 6.89. The van der Waals surface area contributed by atoms with E-state index < -0.39 is 0 Å². The van der Waals surface area contributed by atoms with Gasteiger partial charge in [-0.05, 0) is 44.5 Å². The molecular formula is C13H17BrN2. The lowest BCUT2D eigenvalue weighted by atomic mass is 10.1. The van der Waals surface area contributed by atoms with Crippen LogP contribution < -0.4 is 5.73 Å². The van der Waals surface area contributed by atoms with Crippen LogP contribution in [-0.2, 0) is 0 Å². The zero-order valence-electron chi connectivity index (χ0n) is 9.87. The van der Waals surface area contributed by atoms with Gasteiger partial charge in [-0.15, -0.1) is 0 Å². The number of hydrogen-bond acceptors (Lipinski definition) is 1. The molecule has 0 aliphatic carbocycles. The lowest BCUT2D eigenvalue weighted by Crippen LogP contribution is -2.04. The van der Waals surface area contributed by atoms with Crippen LogP contribution in [0.15, 0.2) is 28.9 Å². The maximum Gasteiger partial charge on any atom is 0.0486 e. The molecule has 0 amide bonds. The molecule has 1 atom stereocenters. The fourth-order valence-electron chi connectivity index (χ4n) is 2.04. The van der Waals surface area contributed by atoms with Crippen molar-refractivity contribution in [3.05, 3.63) is 34.4 Å². The fraction of sp³-hybridized carbons (Fsp3) is 0.385. The van der Waals surface area contributed by atoms with Gasteiger partial charge in [0.05, 0.1) is 0 Å². The zero-order chi connectivity index (χ0) is 11.9. The molecule has 2 aromatic rings. The summed E-state index contributed by atoms with van der Waals surface area (Å²) in [7, 11) is 0. The van der Waals surface area contributed by atoms with Crippen molar-refractivity contribution >= 4 is 26.8 Å². The summed E-state index contributed by atoms with van der Waals surface area (Å²) in [5.41, 5.74) is 8.48. The number of rotatable bonds is 2. The molecular weight excluding hydrogens is 264 g/mol. The van der Waals surface area contributed by atoms with Crippen LogP contribution in [0.1, 0.15) is 38.4 Å². The Hall–Kier alpha value is -0.800. The Kier molecular flexibility index (Phi) is 3.08. The molecule has 1 unspecified atom stereocenters. The molecule has 0 fully saturated rings. The molecule has 0 spiro atoms. The molecule has 1 aromatic heterocycles. The van der Waals surface area contributed by atoms with Gasteiger partial charge >= 0.3 is 0 Å². The Morgan fingerprint density at radius 2 is 1.94 bits per heavy atom. The van der Waals surface area contributed by atoms with Crippen LogP contribution in [-0.4, -0.2) is 4.57 Å². The van der Waals surface area contributed by atoms with E-state index in [2.05, 4.69) is 58.7 Å². The van der Waals surface area contributed by atoms with Crippen LogP contribution in [0.4, 0.5) is 0 Å². The molecule has 1 heterocycles. The molecule has 2 rings (SSSR count). The summed E-state index contributed by atoms with van der Waals surface area (Å²) in [5, 5.41) is 1.25. The van der Waals surface area contributed by atoms with Crippen LogP contribution in [0.5, 0.6) is 0 Å². The second-order valence-corrected chi connectivity index (χ2v) is 5.45. The van der Waals surface area contributed by atoms with Crippen LogP contribution in [0.25, 0.3) is 10.9 Å². The van der Waals surface area contributed by atoms with Crippen LogP contribution >= 0.6 is 15.9 Å². The standard InChI is InChI=1S/C13H17BrN2/c1-8(2)16-7-12(9(3)15)11-6-10(14)4-5-13(11)16/h4-9H,15H2,1-3H3. The summed E-state index contributed by atoms with van der Waals surface area (Å²) in [6.45, 7) is 6.40. The lowest BCUT2D eigenvalue weighted by Gasteiger charge is -2.08. The highest BCUT2D eigenvalue weighted by molar-refractivity contribution is 9.10. The summed E-state index contributed by atoms with van der Waals surface area (Å²) < 4.78 is 3.38. The molecule has 0 bridgehead atoms. The van der Waals surface area contributed by atoms with E-state index in [0.717, 1.165) is 4.47 Å². The predicted molar refractivity (Wildman–Crippen MR) is 72.6 cm³/mol. The van der Waals surface area contributed by atoms with Gasteiger partial charge in [-0.1, -0.05) is 15.9 Å². The molecule has 86 valence electrons.